The smallest absolute Gasteiger partial charge is 0.255 e. The van der Waals surface area contributed by atoms with Crippen LogP contribution in [0.1, 0.15) is 93.1 Å². The van der Waals surface area contributed by atoms with Gasteiger partial charge in [-0.1, -0.05) is 48.5 Å². The number of amides is 2. The lowest BCUT2D eigenvalue weighted by Gasteiger charge is -2.44. The summed E-state index contributed by atoms with van der Waals surface area (Å²) in [7, 11) is 8.24. The van der Waals surface area contributed by atoms with E-state index in [-0.39, 0.29) is 36.2 Å². The second-order valence-electron chi connectivity index (χ2n) is 15.6. The Kier molecular flexibility index (Phi) is 12.1. The maximum absolute atomic E-state index is 12.7. The second kappa shape index (κ2) is 17.3. The Morgan fingerprint density at radius 3 is 1.38 bits per heavy atom. The molecule has 12 nitrogen and oxygen atoms in total. The van der Waals surface area contributed by atoms with Gasteiger partial charge in [0.05, 0.1) is 35.7 Å². The molecule has 4 aromatic carbocycles. The molecule has 4 aliphatic heterocycles. The van der Waals surface area contributed by atoms with Gasteiger partial charge in [0.1, 0.15) is 23.8 Å². The molecule has 0 radical (unpaired) electrons. The average Bonchev–Trinajstić information content (AvgIpc) is 3.20. The van der Waals surface area contributed by atoms with Crippen LogP contribution in [0.25, 0.3) is 0 Å². The van der Waals surface area contributed by atoms with Gasteiger partial charge < -0.3 is 51.2 Å². The fourth-order valence-corrected chi connectivity index (χ4v) is 8.06. The number of rotatable bonds is 12. The topological polar surface area (TPSA) is 142 Å². The number of benzene rings is 4. The summed E-state index contributed by atoms with van der Waals surface area (Å²) in [5.41, 5.74) is 20.2. The summed E-state index contributed by atoms with van der Waals surface area (Å²) < 4.78 is 11.7. The van der Waals surface area contributed by atoms with Gasteiger partial charge >= 0.3 is 0 Å². The van der Waals surface area contributed by atoms with Crippen LogP contribution in [-0.2, 0) is 0 Å². The van der Waals surface area contributed by atoms with Gasteiger partial charge in [0.2, 0.25) is 0 Å². The third kappa shape index (κ3) is 8.48. The van der Waals surface area contributed by atoms with Crippen molar-refractivity contribution in [2.24, 2.45) is 11.5 Å². The molecular weight excluding hydrogens is 705 g/mol. The standard InChI is InChI=1S/2C22H28N4O2/c2*1-25(2)12-4-14-28-16-9-7-15(8-10-16)21-24-22(27)18-6-3-5-17-19(23)11-13-26(21)20(17)18/h2*3,5-10,19,21H,4,11-14,23H2,1-2H3,(H,24,27)/t2*19-,21-/m10/s1. The maximum Gasteiger partial charge on any atom is 0.255 e. The van der Waals surface area contributed by atoms with Gasteiger partial charge in [-0.25, -0.2) is 0 Å². The summed E-state index contributed by atoms with van der Waals surface area (Å²) in [4.78, 5) is 34.2. The lowest BCUT2D eigenvalue weighted by molar-refractivity contribution is 0.0916. The molecule has 0 saturated heterocycles. The van der Waals surface area contributed by atoms with E-state index in [0.717, 1.165) is 97.0 Å². The summed E-state index contributed by atoms with van der Waals surface area (Å²) in [6.45, 7) is 5.03. The van der Waals surface area contributed by atoms with Crippen LogP contribution in [0.4, 0.5) is 11.4 Å². The van der Waals surface area contributed by atoms with Crippen LogP contribution >= 0.6 is 0 Å². The number of carbonyl (C=O) groups excluding carboxylic acids is 2. The van der Waals surface area contributed by atoms with Gasteiger partial charge in [0, 0.05) is 38.3 Å². The summed E-state index contributed by atoms with van der Waals surface area (Å²) in [6, 6.07) is 27.7. The molecule has 6 N–H and O–H groups in total. The number of para-hydroxylation sites is 2. The first-order valence-corrected chi connectivity index (χ1v) is 19.8. The number of ether oxygens (including phenoxy) is 2. The summed E-state index contributed by atoms with van der Waals surface area (Å²) in [5, 5.41) is 6.30. The second-order valence-corrected chi connectivity index (χ2v) is 15.6. The Morgan fingerprint density at radius 1 is 0.607 bits per heavy atom. The minimum atomic E-state index is -0.184. The largest absolute Gasteiger partial charge is 0.494 e. The molecule has 4 atom stereocenters. The van der Waals surface area contributed by atoms with Crippen molar-refractivity contribution in [1.29, 1.82) is 0 Å². The Hall–Kier alpha value is -5.14. The number of nitrogens with zero attached hydrogens (tertiary/aromatic N) is 4. The molecule has 2 amide bonds. The molecule has 0 spiro atoms. The van der Waals surface area contributed by atoms with Crippen LogP contribution < -0.4 is 41.4 Å². The molecule has 0 bridgehead atoms. The molecule has 12 heteroatoms. The van der Waals surface area contributed by atoms with E-state index < -0.39 is 0 Å². The highest BCUT2D eigenvalue weighted by atomic mass is 16.5. The maximum atomic E-state index is 12.7. The van der Waals surface area contributed by atoms with Gasteiger partial charge in [0.25, 0.3) is 11.8 Å². The Labute approximate surface area is 330 Å². The highest BCUT2D eigenvalue weighted by molar-refractivity contribution is 6.04. The highest BCUT2D eigenvalue weighted by Crippen LogP contribution is 2.43. The molecule has 4 aliphatic rings. The molecule has 8 rings (SSSR count). The molecule has 0 fully saturated rings. The van der Waals surface area contributed by atoms with Gasteiger partial charge in [-0.3, -0.25) is 9.59 Å². The number of anilines is 2. The fraction of sp³-hybridized carbons (Fsp3) is 0.409. The average molecular weight is 761 g/mol. The monoisotopic (exact) mass is 760 g/mol. The zero-order valence-electron chi connectivity index (χ0n) is 33.0. The fourth-order valence-electron chi connectivity index (χ4n) is 8.06. The van der Waals surface area contributed by atoms with Crippen molar-refractivity contribution in [3.8, 4) is 11.5 Å². The number of hydrogen-bond donors (Lipinski definition) is 4. The lowest BCUT2D eigenvalue weighted by Crippen LogP contribution is -2.49. The van der Waals surface area contributed by atoms with E-state index in [9.17, 15) is 9.59 Å². The first-order chi connectivity index (χ1) is 27.1. The first-order valence-electron chi connectivity index (χ1n) is 19.8. The molecule has 0 aliphatic carbocycles. The van der Waals surface area contributed by atoms with Crippen molar-refractivity contribution in [2.75, 3.05) is 77.4 Å². The number of hydrogen-bond acceptors (Lipinski definition) is 10. The summed E-state index contributed by atoms with van der Waals surface area (Å²) in [6.07, 6.45) is 3.35. The van der Waals surface area contributed by atoms with E-state index in [2.05, 4.69) is 58.4 Å². The van der Waals surface area contributed by atoms with Crippen LogP contribution in [-0.4, -0.2) is 89.2 Å². The molecule has 0 saturated carbocycles. The lowest BCUT2D eigenvalue weighted by atomic mass is 9.90. The van der Waals surface area contributed by atoms with E-state index in [1.54, 1.807) is 0 Å². The predicted molar refractivity (Wildman–Crippen MR) is 221 cm³/mol. The molecule has 4 aromatic rings. The van der Waals surface area contributed by atoms with E-state index >= 15 is 0 Å². The highest BCUT2D eigenvalue weighted by Gasteiger charge is 2.38. The van der Waals surface area contributed by atoms with Crippen LogP contribution in [0.15, 0.2) is 84.9 Å². The third-order valence-corrected chi connectivity index (χ3v) is 10.9. The SMILES string of the molecule is CN(C)CCCOc1ccc([C@@H]2NC(=O)c3cccc4c3N2CC[C@H]4N)cc1.CN(C)CCCOc1ccc([C@H]2NC(=O)c3cccc4c3N2CC[C@@H]4N)cc1. The van der Waals surface area contributed by atoms with E-state index in [1.165, 1.54) is 0 Å². The minimum absolute atomic E-state index is 0.0179. The van der Waals surface area contributed by atoms with Crippen LogP contribution in [0.5, 0.6) is 11.5 Å². The van der Waals surface area contributed by atoms with Crippen molar-refractivity contribution in [1.82, 2.24) is 20.4 Å². The molecule has 296 valence electrons. The summed E-state index contributed by atoms with van der Waals surface area (Å²) >= 11 is 0. The number of nitrogens with two attached hydrogens (primary N) is 2. The van der Waals surface area contributed by atoms with E-state index in [1.807, 2.05) is 84.9 Å². The molecular formula is C44H56N8O4. The zero-order chi connectivity index (χ0) is 39.3. The Bertz CT molecular complexity index is 1840. The van der Waals surface area contributed by atoms with Crippen LogP contribution in [0, 0.1) is 0 Å². The number of carbonyl (C=O) groups is 2. The predicted octanol–water partition coefficient (Wildman–Crippen LogP) is 5.34. The minimum Gasteiger partial charge on any atom is -0.494 e. The van der Waals surface area contributed by atoms with Crippen LogP contribution in [0.2, 0.25) is 0 Å². The Balaban J connectivity index is 0.000000172. The van der Waals surface area contributed by atoms with Crippen LogP contribution in [0.3, 0.4) is 0 Å². The molecule has 0 unspecified atom stereocenters. The molecule has 0 aromatic heterocycles. The van der Waals surface area contributed by atoms with Gasteiger partial charge in [-0.05, 0) is 113 Å². The van der Waals surface area contributed by atoms with Crippen molar-refractivity contribution >= 4 is 23.2 Å². The zero-order valence-corrected chi connectivity index (χ0v) is 33.0. The number of nitrogens with one attached hydrogen (secondary N) is 2. The van der Waals surface area contributed by atoms with Crippen molar-refractivity contribution in [3.05, 3.63) is 118 Å². The molecule has 56 heavy (non-hydrogen) atoms. The van der Waals surface area contributed by atoms with E-state index in [4.69, 9.17) is 20.9 Å². The Morgan fingerprint density at radius 2 is 1.00 bits per heavy atom. The van der Waals surface area contributed by atoms with Crippen molar-refractivity contribution in [3.63, 3.8) is 0 Å². The van der Waals surface area contributed by atoms with Crippen molar-refractivity contribution < 1.29 is 19.1 Å². The van der Waals surface area contributed by atoms with Crippen molar-refractivity contribution in [2.45, 2.75) is 50.1 Å². The van der Waals surface area contributed by atoms with Gasteiger partial charge in [0.15, 0.2) is 0 Å². The van der Waals surface area contributed by atoms with Gasteiger partial charge in [-0.2, -0.15) is 0 Å². The van der Waals surface area contributed by atoms with Gasteiger partial charge in [-0.15, -0.1) is 0 Å². The molecule has 4 heterocycles. The quantitative estimate of drug-likeness (QED) is 0.140. The normalized spacial score (nSPS) is 20.7. The van der Waals surface area contributed by atoms with E-state index in [0.29, 0.717) is 24.3 Å². The summed E-state index contributed by atoms with van der Waals surface area (Å²) in [5.74, 6) is 1.62. The first kappa shape index (κ1) is 39.1. The third-order valence-electron chi connectivity index (χ3n) is 10.9.